The number of unbranched alkanes of at least 4 members (excludes halogenated alkanes) is 1. The van der Waals surface area contributed by atoms with Gasteiger partial charge in [0, 0.05) is 49.5 Å². The molecule has 0 aromatic heterocycles. The maximum atomic E-state index is 2.89. The van der Waals surface area contributed by atoms with Crippen molar-refractivity contribution in [3.63, 3.8) is 0 Å². The monoisotopic (exact) mass is 806 g/mol. The van der Waals surface area contributed by atoms with Gasteiger partial charge in [-0.3, -0.25) is 0 Å². The molecule has 4 heteroatoms. The third-order valence-electron chi connectivity index (χ3n) is 16.4. The van der Waals surface area contributed by atoms with E-state index in [1.807, 2.05) is 0 Å². The molecule has 0 radical (unpaired) electrons. The topological polar surface area (TPSA) is 6.48 Å². The average Bonchev–Trinajstić information content (AvgIpc) is 3.70. The smallest absolute Gasteiger partial charge is 0.330 e. The Morgan fingerprint density at radius 3 is 2.21 bits per heavy atom. The lowest BCUT2D eigenvalue weighted by molar-refractivity contribution is 0.429. The maximum absolute atomic E-state index is 2.89. The molecule has 4 atom stereocenters. The molecule has 2 nitrogen and oxygen atoms in total. The van der Waals surface area contributed by atoms with Gasteiger partial charge in [-0.1, -0.05) is 149 Å². The molecule has 6 aromatic rings. The molecule has 0 saturated heterocycles. The van der Waals surface area contributed by atoms with E-state index in [0.29, 0.717) is 0 Å². The lowest BCUT2D eigenvalue weighted by Crippen LogP contribution is -2.71. The van der Waals surface area contributed by atoms with Gasteiger partial charge in [0.15, 0.2) is 0 Å². The minimum Gasteiger partial charge on any atom is -0.377 e. The minimum absolute atomic E-state index is 0.0469. The van der Waals surface area contributed by atoms with Crippen LogP contribution in [0.4, 0.5) is 22.7 Å². The van der Waals surface area contributed by atoms with Crippen LogP contribution in [-0.2, 0) is 22.7 Å². The summed E-state index contributed by atoms with van der Waals surface area (Å²) in [6, 6.07) is 49.6. The highest BCUT2D eigenvalue weighted by Gasteiger charge is 2.68. The Kier molecular flexibility index (Phi) is 7.08. The van der Waals surface area contributed by atoms with Crippen molar-refractivity contribution in [2.75, 3.05) is 9.71 Å². The first-order valence-electron chi connectivity index (χ1n) is 22.7. The first-order valence-corrected chi connectivity index (χ1v) is 23.5. The zero-order valence-electron chi connectivity index (χ0n) is 36.4. The van der Waals surface area contributed by atoms with Crippen LogP contribution < -0.4 is 15.2 Å². The van der Waals surface area contributed by atoms with Crippen LogP contribution in [0.2, 0.25) is 0 Å². The van der Waals surface area contributed by atoms with E-state index in [2.05, 4.69) is 209 Å². The van der Waals surface area contributed by atoms with Crippen LogP contribution in [0.25, 0.3) is 22.3 Å². The van der Waals surface area contributed by atoms with Crippen LogP contribution in [-0.4, -0.2) is 12.4 Å². The van der Waals surface area contributed by atoms with Crippen molar-refractivity contribution in [3.8, 4) is 22.3 Å². The van der Waals surface area contributed by atoms with Gasteiger partial charge in [-0.25, -0.2) is 0 Å². The third kappa shape index (κ3) is 4.15. The van der Waals surface area contributed by atoms with Gasteiger partial charge in [0.1, 0.15) is 0 Å². The van der Waals surface area contributed by atoms with Crippen LogP contribution in [0.1, 0.15) is 89.1 Å². The van der Waals surface area contributed by atoms with Crippen LogP contribution in [0.3, 0.4) is 0 Å². The Hall–Kier alpha value is -5.45. The number of allylic oxidation sites excluding steroid dienone is 4. The molecule has 7 aliphatic rings. The molecule has 13 rings (SSSR count). The SMILES string of the molecule is CCCCc1ccc2c(c1)C1(C)C=CC(C)C3=C1C1(C)C(=C4Sc5ccccc5C43C)B3c4c(cc5c(c4-c4ccccc4N3c3ccccc3)C(C)(C)c3ccccc3-5)N21. The fourth-order valence-corrected chi connectivity index (χ4v) is 15.5. The second kappa shape index (κ2) is 11.9. The van der Waals surface area contributed by atoms with Crippen molar-refractivity contribution in [1.29, 1.82) is 0 Å². The number of fused-ring (bicyclic) bond motifs is 15. The van der Waals surface area contributed by atoms with Crippen molar-refractivity contribution in [2.45, 2.75) is 94.4 Å². The zero-order chi connectivity index (χ0) is 41.4. The van der Waals surface area contributed by atoms with E-state index in [4.69, 9.17) is 0 Å². The number of aryl methyl sites for hydroxylation is 1. The molecule has 61 heavy (non-hydrogen) atoms. The van der Waals surface area contributed by atoms with Crippen molar-refractivity contribution in [3.05, 3.63) is 189 Å². The fraction of sp³-hybridized carbons (Fsp3) is 0.263. The predicted octanol–water partition coefficient (Wildman–Crippen LogP) is 13.9. The second-order valence-electron chi connectivity index (χ2n) is 19.9. The average molecular weight is 807 g/mol. The summed E-state index contributed by atoms with van der Waals surface area (Å²) < 4.78 is 0. The van der Waals surface area contributed by atoms with Gasteiger partial charge >= 0.3 is 6.85 Å². The number of thioether (sulfide) groups is 1. The third-order valence-corrected chi connectivity index (χ3v) is 17.8. The molecular formula is C57H51BN2S. The largest absolute Gasteiger partial charge is 0.377 e. The first-order chi connectivity index (χ1) is 29.5. The van der Waals surface area contributed by atoms with E-state index < -0.39 is 5.54 Å². The van der Waals surface area contributed by atoms with Crippen LogP contribution in [0, 0.1) is 5.92 Å². The lowest BCUT2D eigenvalue weighted by atomic mass is 9.34. The molecule has 0 saturated carbocycles. The predicted molar refractivity (Wildman–Crippen MR) is 258 cm³/mol. The van der Waals surface area contributed by atoms with E-state index in [0.717, 1.165) is 6.42 Å². The summed E-state index contributed by atoms with van der Waals surface area (Å²) in [6.45, 7) is 17.5. The molecule has 0 amide bonds. The lowest BCUT2D eigenvalue weighted by Gasteiger charge is -2.66. The van der Waals surface area contributed by atoms with Gasteiger partial charge in [0.25, 0.3) is 0 Å². The highest BCUT2D eigenvalue weighted by Crippen LogP contribution is 2.72. The quantitative estimate of drug-likeness (QED) is 0.129. The summed E-state index contributed by atoms with van der Waals surface area (Å²) in [4.78, 5) is 8.57. The molecular weight excluding hydrogens is 756 g/mol. The normalized spacial score (nSPS) is 26.0. The Labute approximate surface area is 366 Å². The van der Waals surface area contributed by atoms with Crippen molar-refractivity contribution in [2.24, 2.45) is 5.92 Å². The molecule has 0 fully saturated rings. The number of hydrogen-bond acceptors (Lipinski definition) is 3. The first kappa shape index (κ1) is 36.2. The Morgan fingerprint density at radius 2 is 1.41 bits per heavy atom. The van der Waals surface area contributed by atoms with Gasteiger partial charge in [0.2, 0.25) is 0 Å². The van der Waals surface area contributed by atoms with Crippen LogP contribution in [0.5, 0.6) is 0 Å². The van der Waals surface area contributed by atoms with Crippen molar-refractivity contribution < 1.29 is 0 Å². The van der Waals surface area contributed by atoms with E-state index in [-0.39, 0.29) is 29.0 Å². The summed E-state index contributed by atoms with van der Waals surface area (Å²) in [5, 5.41) is 0. The summed E-state index contributed by atoms with van der Waals surface area (Å²) in [5.74, 6) is 0.279. The molecule has 0 N–H and O–H groups in total. The number of rotatable bonds is 4. The molecule has 4 unspecified atom stereocenters. The van der Waals surface area contributed by atoms with Gasteiger partial charge in [-0.15, -0.1) is 0 Å². The van der Waals surface area contributed by atoms with Gasteiger partial charge in [0.05, 0.1) is 5.54 Å². The number of nitrogens with zero attached hydrogens (tertiary/aromatic N) is 2. The van der Waals surface area contributed by atoms with E-state index in [9.17, 15) is 0 Å². The fourth-order valence-electron chi connectivity index (χ4n) is 13.9. The summed E-state index contributed by atoms with van der Waals surface area (Å²) in [5.41, 5.74) is 23.0. The summed E-state index contributed by atoms with van der Waals surface area (Å²) in [7, 11) is 0. The van der Waals surface area contributed by atoms with Crippen LogP contribution in [0.15, 0.2) is 166 Å². The summed E-state index contributed by atoms with van der Waals surface area (Å²) in [6.07, 6.45) is 8.68. The molecule has 4 aliphatic heterocycles. The Balaban J connectivity index is 1.27. The Morgan fingerprint density at radius 1 is 0.689 bits per heavy atom. The maximum Gasteiger partial charge on any atom is 0.330 e. The van der Waals surface area contributed by atoms with E-state index in [1.165, 1.54) is 101 Å². The highest BCUT2D eigenvalue weighted by atomic mass is 32.2. The van der Waals surface area contributed by atoms with Gasteiger partial charge in [-0.05, 0) is 147 Å². The van der Waals surface area contributed by atoms with Gasteiger partial charge < -0.3 is 9.71 Å². The van der Waals surface area contributed by atoms with Crippen molar-refractivity contribution >= 4 is 46.8 Å². The molecule has 6 aromatic carbocycles. The number of anilines is 4. The van der Waals surface area contributed by atoms with Gasteiger partial charge in [-0.2, -0.15) is 0 Å². The molecule has 3 aliphatic carbocycles. The molecule has 0 spiro atoms. The number of benzene rings is 6. The standard InChI is InChI=1S/C57H51BN2S/c1-8-9-19-35-28-29-44-42(32-35)55(5)31-30-34(2)48-51(55)57(7)52(53-56(48,6)41-25-16-18-27-46(41)61-53)58-50-45(59(44)57)33-39-37-22-13-15-24-40(37)54(3,4)49(39)47(50)38-23-14-17-26-43(38)60(58)36-20-11-10-12-21-36/h10-18,20-34H,8-9,19H2,1-7H3. The molecule has 4 heterocycles. The van der Waals surface area contributed by atoms with E-state index >= 15 is 0 Å². The second-order valence-corrected chi connectivity index (χ2v) is 20.9. The minimum atomic E-state index is -0.471. The highest BCUT2D eigenvalue weighted by molar-refractivity contribution is 8.03. The molecule has 298 valence electrons. The number of para-hydroxylation sites is 2. The van der Waals surface area contributed by atoms with Crippen LogP contribution >= 0.6 is 11.8 Å². The van der Waals surface area contributed by atoms with E-state index in [1.54, 1.807) is 16.6 Å². The zero-order valence-corrected chi connectivity index (χ0v) is 37.2. The Bertz CT molecular complexity index is 3060. The molecule has 0 bridgehead atoms. The van der Waals surface area contributed by atoms with Crippen molar-refractivity contribution in [1.82, 2.24) is 0 Å². The number of hydrogen-bond donors (Lipinski definition) is 0. The summed E-state index contributed by atoms with van der Waals surface area (Å²) >= 11 is 2.07.